The summed E-state index contributed by atoms with van der Waals surface area (Å²) in [5, 5.41) is 17.6. The Balaban J connectivity index is 1.61. The Morgan fingerprint density at radius 2 is 2.07 bits per heavy atom. The van der Waals surface area contributed by atoms with Gasteiger partial charge < -0.3 is 4.74 Å². The van der Waals surface area contributed by atoms with Gasteiger partial charge in [0.15, 0.2) is 17.3 Å². The minimum absolute atomic E-state index is 0.0182. The molecule has 0 atom stereocenters. The van der Waals surface area contributed by atoms with Crippen molar-refractivity contribution in [2.75, 3.05) is 0 Å². The van der Waals surface area contributed by atoms with E-state index >= 15 is 0 Å². The van der Waals surface area contributed by atoms with Crippen LogP contribution >= 0.6 is 0 Å². The Kier molecular flexibility index (Phi) is 4.22. The Hall–Kier alpha value is -3.36. The highest BCUT2D eigenvalue weighted by Gasteiger charge is 2.35. The summed E-state index contributed by atoms with van der Waals surface area (Å²) >= 11 is 0. The van der Waals surface area contributed by atoms with Crippen molar-refractivity contribution in [3.05, 3.63) is 48.3 Å². The Morgan fingerprint density at radius 1 is 1.21 bits per heavy atom. The van der Waals surface area contributed by atoms with Crippen molar-refractivity contribution < 1.29 is 4.74 Å². The molecular formula is C20H22N8O. The molecule has 0 spiro atoms. The predicted molar refractivity (Wildman–Crippen MR) is 105 cm³/mol. The van der Waals surface area contributed by atoms with Gasteiger partial charge in [0.05, 0.1) is 0 Å². The summed E-state index contributed by atoms with van der Waals surface area (Å²) in [6, 6.07) is 5.88. The smallest absolute Gasteiger partial charge is 0.236 e. The molecular weight excluding hydrogens is 368 g/mol. The fourth-order valence-electron chi connectivity index (χ4n) is 4.04. The van der Waals surface area contributed by atoms with E-state index in [1.807, 2.05) is 19.2 Å². The van der Waals surface area contributed by atoms with Gasteiger partial charge in [-0.05, 0) is 36.5 Å². The minimum Gasteiger partial charge on any atom is -0.468 e. The Morgan fingerprint density at radius 3 is 2.79 bits per heavy atom. The molecule has 5 rings (SSSR count). The summed E-state index contributed by atoms with van der Waals surface area (Å²) in [6.45, 7) is 2.57. The number of hydrogen-bond acceptors (Lipinski definition) is 7. The molecule has 29 heavy (non-hydrogen) atoms. The molecule has 0 N–H and O–H groups in total. The average molecular weight is 390 g/mol. The molecule has 4 aromatic heterocycles. The maximum Gasteiger partial charge on any atom is 0.236 e. The van der Waals surface area contributed by atoms with Crippen LogP contribution < -0.4 is 4.74 Å². The number of fused-ring (bicyclic) bond motifs is 1. The highest BCUT2D eigenvalue weighted by atomic mass is 16.5. The van der Waals surface area contributed by atoms with Crippen molar-refractivity contribution in [2.24, 2.45) is 7.05 Å². The third-order valence-corrected chi connectivity index (χ3v) is 5.78. The van der Waals surface area contributed by atoms with Gasteiger partial charge in [-0.25, -0.2) is 4.98 Å². The predicted octanol–water partition coefficient (Wildman–Crippen LogP) is 2.73. The van der Waals surface area contributed by atoms with E-state index in [2.05, 4.69) is 38.3 Å². The summed E-state index contributed by atoms with van der Waals surface area (Å²) in [4.78, 5) is 8.44. The number of aromatic nitrogens is 8. The second-order valence-electron chi connectivity index (χ2n) is 7.75. The van der Waals surface area contributed by atoms with Crippen molar-refractivity contribution in [1.29, 1.82) is 0 Å². The topological polar surface area (TPSA) is 95.9 Å². The van der Waals surface area contributed by atoms with E-state index in [1.54, 1.807) is 21.6 Å². The number of nitrogens with zero attached hydrogens (tertiary/aromatic N) is 8. The monoisotopic (exact) mass is 390 g/mol. The largest absolute Gasteiger partial charge is 0.468 e. The summed E-state index contributed by atoms with van der Waals surface area (Å²) in [6.07, 6.45) is 9.63. The van der Waals surface area contributed by atoms with E-state index < -0.39 is 0 Å². The van der Waals surface area contributed by atoms with E-state index in [-0.39, 0.29) is 5.41 Å². The molecule has 148 valence electrons. The van der Waals surface area contributed by atoms with E-state index in [9.17, 15) is 0 Å². The normalized spacial score (nSPS) is 15.8. The van der Waals surface area contributed by atoms with E-state index in [0.717, 1.165) is 29.8 Å². The molecule has 0 saturated heterocycles. The van der Waals surface area contributed by atoms with Gasteiger partial charge in [0.1, 0.15) is 12.9 Å². The highest BCUT2D eigenvalue weighted by Crippen LogP contribution is 2.44. The molecule has 9 nitrogen and oxygen atoms in total. The van der Waals surface area contributed by atoms with Crippen molar-refractivity contribution in [2.45, 2.75) is 44.6 Å². The molecule has 4 aromatic rings. The van der Waals surface area contributed by atoms with Crippen molar-refractivity contribution >= 4 is 5.65 Å². The van der Waals surface area contributed by atoms with Crippen LogP contribution in [0.15, 0.2) is 36.9 Å². The summed E-state index contributed by atoms with van der Waals surface area (Å²) in [7, 11) is 1.85. The third kappa shape index (κ3) is 3.12. The zero-order valence-corrected chi connectivity index (χ0v) is 16.5. The second kappa shape index (κ2) is 6.91. The van der Waals surface area contributed by atoms with Gasteiger partial charge in [-0.15, -0.1) is 15.3 Å². The summed E-state index contributed by atoms with van der Waals surface area (Å²) in [5.41, 5.74) is 2.66. The van der Waals surface area contributed by atoms with Crippen molar-refractivity contribution in [1.82, 2.24) is 39.6 Å². The minimum atomic E-state index is 0.0182. The lowest BCUT2D eigenvalue weighted by Gasteiger charge is -2.25. The lowest BCUT2D eigenvalue weighted by molar-refractivity contribution is 0.263. The molecule has 1 saturated carbocycles. The maximum atomic E-state index is 6.18. The number of aryl methyl sites for hydroxylation is 1. The molecule has 1 aliphatic carbocycles. The fraction of sp³-hybridized carbons (Fsp3) is 0.400. The van der Waals surface area contributed by atoms with Crippen LogP contribution in [-0.4, -0.2) is 39.6 Å². The number of ether oxygens (including phenoxy) is 1. The van der Waals surface area contributed by atoms with Gasteiger partial charge in [0.2, 0.25) is 5.88 Å². The Labute approximate surface area is 167 Å². The average Bonchev–Trinajstić information content (AvgIpc) is 3.46. The first-order valence-corrected chi connectivity index (χ1v) is 9.77. The van der Waals surface area contributed by atoms with Crippen LogP contribution in [0.5, 0.6) is 5.88 Å². The molecule has 4 heterocycles. The van der Waals surface area contributed by atoms with Crippen LogP contribution in [0, 0.1) is 0 Å². The van der Waals surface area contributed by atoms with Gasteiger partial charge in [0.25, 0.3) is 0 Å². The number of rotatable bonds is 5. The maximum absolute atomic E-state index is 6.18. The molecule has 0 unspecified atom stereocenters. The zero-order valence-electron chi connectivity index (χ0n) is 16.5. The third-order valence-electron chi connectivity index (χ3n) is 5.78. The second-order valence-corrected chi connectivity index (χ2v) is 7.75. The SMILES string of the molecule is Cn1ncnc1COc1nn2c(-c3cccnc3)nnc2cc1C1(C)CCCC1. The number of hydrogen-bond donors (Lipinski definition) is 0. The van der Waals surface area contributed by atoms with Crippen LogP contribution in [0.25, 0.3) is 17.0 Å². The van der Waals surface area contributed by atoms with Gasteiger partial charge in [-0.2, -0.15) is 9.61 Å². The van der Waals surface area contributed by atoms with Crippen LogP contribution in [0.3, 0.4) is 0 Å². The van der Waals surface area contributed by atoms with Crippen LogP contribution in [0.1, 0.15) is 44.0 Å². The van der Waals surface area contributed by atoms with Gasteiger partial charge >= 0.3 is 0 Å². The fourth-order valence-corrected chi connectivity index (χ4v) is 4.04. The van der Waals surface area contributed by atoms with E-state index in [0.29, 0.717) is 24.0 Å². The van der Waals surface area contributed by atoms with Gasteiger partial charge in [-0.3, -0.25) is 9.67 Å². The summed E-state index contributed by atoms with van der Waals surface area (Å²) in [5.74, 6) is 1.97. The van der Waals surface area contributed by atoms with Crippen molar-refractivity contribution in [3.63, 3.8) is 0 Å². The van der Waals surface area contributed by atoms with Crippen LogP contribution in [0.2, 0.25) is 0 Å². The molecule has 1 fully saturated rings. The first-order chi connectivity index (χ1) is 14.1. The lowest BCUT2D eigenvalue weighted by atomic mass is 9.81. The van der Waals surface area contributed by atoms with E-state index in [1.165, 1.54) is 19.2 Å². The molecule has 0 bridgehead atoms. The van der Waals surface area contributed by atoms with Gasteiger partial charge in [-0.1, -0.05) is 19.8 Å². The molecule has 0 aliphatic heterocycles. The molecule has 1 aliphatic rings. The number of pyridine rings is 1. The molecule has 0 radical (unpaired) electrons. The van der Waals surface area contributed by atoms with Crippen molar-refractivity contribution in [3.8, 4) is 17.3 Å². The van der Waals surface area contributed by atoms with Gasteiger partial charge in [0, 0.05) is 30.6 Å². The van der Waals surface area contributed by atoms with Crippen LogP contribution in [-0.2, 0) is 19.1 Å². The first-order valence-electron chi connectivity index (χ1n) is 9.77. The lowest BCUT2D eigenvalue weighted by Crippen LogP contribution is -2.20. The first kappa shape index (κ1) is 17.7. The molecule has 0 aromatic carbocycles. The standard InChI is InChI=1S/C20H22N8O/c1-20(7-3-4-8-20)15-10-16-24-25-18(14-6-5-9-21-11-14)28(16)26-19(15)29-12-17-22-13-23-27(17)2/h5-6,9-11,13H,3-4,7-8,12H2,1-2H3. The highest BCUT2D eigenvalue weighted by molar-refractivity contribution is 5.59. The molecule has 9 heteroatoms. The quantitative estimate of drug-likeness (QED) is 0.517. The summed E-state index contributed by atoms with van der Waals surface area (Å²) < 4.78 is 9.61. The zero-order chi connectivity index (χ0) is 19.8. The van der Waals surface area contributed by atoms with E-state index in [4.69, 9.17) is 9.84 Å². The molecule has 0 amide bonds. The Bertz CT molecular complexity index is 1140. The van der Waals surface area contributed by atoms with Crippen LogP contribution in [0.4, 0.5) is 0 Å².